The summed E-state index contributed by atoms with van der Waals surface area (Å²) in [5, 5.41) is 10.1. The number of hydrogen-bond donors (Lipinski definition) is 0. The fourth-order valence-electron chi connectivity index (χ4n) is 4.89. The van der Waals surface area contributed by atoms with Crippen LogP contribution in [-0.4, -0.2) is 29.4 Å². The number of aryl methyl sites for hydroxylation is 1. The van der Waals surface area contributed by atoms with Crippen LogP contribution in [0.2, 0.25) is 5.02 Å². The van der Waals surface area contributed by atoms with Crippen molar-refractivity contribution in [2.24, 2.45) is 0 Å². The molecule has 9 heteroatoms. The molecule has 1 aliphatic heterocycles. The quantitative estimate of drug-likeness (QED) is 0.271. The van der Waals surface area contributed by atoms with Crippen molar-refractivity contribution in [3.63, 3.8) is 0 Å². The predicted molar refractivity (Wildman–Crippen MR) is 142 cm³/mol. The number of ether oxygens (including phenoxy) is 2. The summed E-state index contributed by atoms with van der Waals surface area (Å²) in [5.74, 6) is 2.15. The van der Waals surface area contributed by atoms with Crippen molar-refractivity contribution in [3.05, 3.63) is 124 Å². The van der Waals surface area contributed by atoms with Gasteiger partial charge in [0.1, 0.15) is 18.7 Å². The van der Waals surface area contributed by atoms with Crippen LogP contribution in [0.1, 0.15) is 34.1 Å². The molecule has 38 heavy (non-hydrogen) atoms. The van der Waals surface area contributed by atoms with Crippen molar-refractivity contribution in [1.82, 2.24) is 29.4 Å². The van der Waals surface area contributed by atoms with Crippen LogP contribution in [0.4, 0.5) is 0 Å². The van der Waals surface area contributed by atoms with Gasteiger partial charge < -0.3 is 9.47 Å². The first-order chi connectivity index (χ1) is 18.7. The summed E-state index contributed by atoms with van der Waals surface area (Å²) >= 11 is 5.99. The molecule has 186 valence electrons. The summed E-state index contributed by atoms with van der Waals surface area (Å²) in [6.07, 6.45) is 1.62. The molecule has 7 rings (SSSR count). The lowest BCUT2D eigenvalue weighted by atomic mass is 9.84. The van der Waals surface area contributed by atoms with Gasteiger partial charge >= 0.3 is 0 Å². The molecule has 3 aromatic heterocycles. The highest BCUT2D eigenvalue weighted by Gasteiger charge is 2.38. The minimum Gasteiger partial charge on any atom is -0.486 e. The molecule has 8 nitrogen and oxygen atoms in total. The van der Waals surface area contributed by atoms with E-state index in [2.05, 4.69) is 22.2 Å². The minimum absolute atomic E-state index is 0.196. The van der Waals surface area contributed by atoms with E-state index in [1.807, 2.05) is 72.3 Å². The summed E-state index contributed by atoms with van der Waals surface area (Å²) in [5.41, 5.74) is 5.35. The maximum atomic E-state index is 6.46. The Morgan fingerprint density at radius 3 is 2.39 bits per heavy atom. The van der Waals surface area contributed by atoms with Gasteiger partial charge in [-0.3, -0.25) is 0 Å². The van der Waals surface area contributed by atoms with E-state index in [1.54, 1.807) is 23.0 Å². The van der Waals surface area contributed by atoms with Crippen molar-refractivity contribution < 1.29 is 9.47 Å². The van der Waals surface area contributed by atoms with E-state index in [-0.39, 0.29) is 12.5 Å². The molecule has 1 aliphatic rings. The molecule has 6 aromatic rings. The average molecular weight is 521 g/mol. The van der Waals surface area contributed by atoms with E-state index in [0.717, 1.165) is 28.1 Å². The summed E-state index contributed by atoms with van der Waals surface area (Å²) in [7, 11) is 0. The molecule has 0 saturated heterocycles. The smallest absolute Gasteiger partial charge is 0.230 e. The van der Waals surface area contributed by atoms with Gasteiger partial charge in [0.15, 0.2) is 11.5 Å². The van der Waals surface area contributed by atoms with Gasteiger partial charge in [-0.2, -0.15) is 5.10 Å². The van der Waals surface area contributed by atoms with Crippen LogP contribution in [0.5, 0.6) is 17.5 Å². The molecular weight excluding hydrogens is 500 g/mol. The normalized spacial score (nSPS) is 14.1. The Labute approximate surface area is 223 Å². The molecule has 0 aliphatic carbocycles. The molecule has 0 radical (unpaired) electrons. The first kappa shape index (κ1) is 22.5. The maximum absolute atomic E-state index is 6.46. The van der Waals surface area contributed by atoms with E-state index < -0.39 is 0 Å². The van der Waals surface area contributed by atoms with Crippen molar-refractivity contribution >= 4 is 17.2 Å². The lowest BCUT2D eigenvalue weighted by molar-refractivity contribution is 0.296. The standard InChI is InChI=1S/C29H21ClN6O2/c1-18-24-25(19-8-4-2-5-9-19)26-27-32-23(16-37-22-14-12-20(30)13-15-22)34-35(27)17-31-28(26)38-29(24)36(33-18)21-10-6-3-7-11-21/h2-15,17,25H,16H2,1H3. The first-order valence-electron chi connectivity index (χ1n) is 12.2. The largest absolute Gasteiger partial charge is 0.486 e. The molecular formula is C29H21ClN6O2. The second-order valence-corrected chi connectivity index (χ2v) is 9.44. The molecule has 1 unspecified atom stereocenters. The lowest BCUT2D eigenvalue weighted by Crippen LogP contribution is -2.16. The van der Waals surface area contributed by atoms with E-state index in [0.29, 0.717) is 34.0 Å². The Kier molecular flexibility index (Phi) is 5.33. The van der Waals surface area contributed by atoms with Crippen LogP contribution in [0.3, 0.4) is 0 Å². The second-order valence-electron chi connectivity index (χ2n) is 9.00. The molecule has 3 aromatic carbocycles. The van der Waals surface area contributed by atoms with Gasteiger partial charge in [0.05, 0.1) is 28.4 Å². The number of halogens is 1. The Hall–Kier alpha value is -4.69. The highest BCUT2D eigenvalue weighted by molar-refractivity contribution is 6.30. The number of hydrogen-bond acceptors (Lipinski definition) is 6. The highest BCUT2D eigenvalue weighted by Crippen LogP contribution is 2.49. The number of nitrogens with zero attached hydrogens (tertiary/aromatic N) is 6. The number of para-hydroxylation sites is 1. The Balaban J connectivity index is 1.36. The van der Waals surface area contributed by atoms with E-state index >= 15 is 0 Å². The number of fused-ring (bicyclic) bond motifs is 4. The monoisotopic (exact) mass is 520 g/mol. The average Bonchev–Trinajstić information content (AvgIpc) is 3.53. The van der Waals surface area contributed by atoms with Crippen LogP contribution in [0.25, 0.3) is 11.3 Å². The highest BCUT2D eigenvalue weighted by atomic mass is 35.5. The van der Waals surface area contributed by atoms with Crippen LogP contribution >= 0.6 is 11.6 Å². The molecule has 1 atom stereocenters. The third kappa shape index (κ3) is 3.77. The van der Waals surface area contributed by atoms with E-state index in [9.17, 15) is 0 Å². The van der Waals surface area contributed by atoms with Crippen molar-refractivity contribution in [2.75, 3.05) is 0 Å². The zero-order chi connectivity index (χ0) is 25.6. The summed E-state index contributed by atoms with van der Waals surface area (Å²) < 4.78 is 15.9. The van der Waals surface area contributed by atoms with E-state index in [1.165, 1.54) is 0 Å². The third-order valence-corrected chi connectivity index (χ3v) is 6.83. The van der Waals surface area contributed by atoms with Crippen molar-refractivity contribution in [2.45, 2.75) is 19.4 Å². The van der Waals surface area contributed by atoms with Crippen LogP contribution in [0, 0.1) is 6.92 Å². The second kappa shape index (κ2) is 9.00. The molecule has 0 N–H and O–H groups in total. The maximum Gasteiger partial charge on any atom is 0.230 e. The van der Waals surface area contributed by atoms with Crippen LogP contribution < -0.4 is 9.47 Å². The Morgan fingerprint density at radius 2 is 1.63 bits per heavy atom. The SMILES string of the molecule is Cc1nn(-c2ccccc2)c2c1C(c1ccccc1)c1c(ncn3nc(COc4ccc(Cl)cc4)nc13)O2. The van der Waals surface area contributed by atoms with E-state index in [4.69, 9.17) is 31.2 Å². The van der Waals surface area contributed by atoms with Gasteiger partial charge in [0.2, 0.25) is 11.8 Å². The topological polar surface area (TPSA) is 79.4 Å². The van der Waals surface area contributed by atoms with Gasteiger partial charge in [-0.15, -0.1) is 5.10 Å². The first-order valence-corrected chi connectivity index (χ1v) is 12.5. The number of aromatic nitrogens is 6. The lowest BCUT2D eigenvalue weighted by Gasteiger charge is -2.26. The molecule has 0 fully saturated rings. The summed E-state index contributed by atoms with van der Waals surface area (Å²) in [6, 6.07) is 27.4. The minimum atomic E-state index is -0.196. The third-order valence-electron chi connectivity index (χ3n) is 6.58. The fourth-order valence-corrected chi connectivity index (χ4v) is 5.01. The van der Waals surface area contributed by atoms with Gasteiger partial charge in [-0.05, 0) is 48.9 Å². The van der Waals surface area contributed by atoms with Gasteiger partial charge in [0.25, 0.3) is 0 Å². The van der Waals surface area contributed by atoms with Gasteiger partial charge in [-0.25, -0.2) is 19.2 Å². The predicted octanol–water partition coefficient (Wildman–Crippen LogP) is 6.14. The summed E-state index contributed by atoms with van der Waals surface area (Å²) in [6.45, 7) is 2.20. The molecule has 4 heterocycles. The molecule has 0 spiro atoms. The van der Waals surface area contributed by atoms with Gasteiger partial charge in [-0.1, -0.05) is 60.1 Å². The van der Waals surface area contributed by atoms with Crippen LogP contribution in [0.15, 0.2) is 91.3 Å². The zero-order valence-corrected chi connectivity index (χ0v) is 21.1. The Bertz CT molecular complexity index is 1760. The fraction of sp³-hybridized carbons (Fsp3) is 0.103. The van der Waals surface area contributed by atoms with Crippen molar-refractivity contribution in [1.29, 1.82) is 0 Å². The van der Waals surface area contributed by atoms with Crippen molar-refractivity contribution in [3.8, 4) is 23.2 Å². The molecule has 0 saturated carbocycles. The van der Waals surface area contributed by atoms with Gasteiger partial charge in [0, 0.05) is 5.02 Å². The molecule has 0 bridgehead atoms. The molecule has 0 amide bonds. The summed E-state index contributed by atoms with van der Waals surface area (Å²) in [4.78, 5) is 9.50. The zero-order valence-electron chi connectivity index (χ0n) is 20.3. The Morgan fingerprint density at radius 1 is 0.895 bits per heavy atom. The number of rotatable bonds is 5. The number of benzene rings is 3. The van der Waals surface area contributed by atoms with Crippen LogP contribution in [-0.2, 0) is 6.61 Å².